The Morgan fingerprint density at radius 2 is 1.83 bits per heavy atom. The fraction of sp³-hybridized carbons (Fsp3) is 0.333. The molecule has 1 rings (SSSR count). The molecular weight excluding hydrogens is 285 g/mol. The van der Waals surface area contributed by atoms with E-state index in [1.165, 1.54) is 0 Å². The van der Waals surface area contributed by atoms with Crippen molar-refractivity contribution in [1.82, 2.24) is 0 Å². The molecule has 0 aliphatic carbocycles. The molecular formula is C9H12FNO5S2. The van der Waals surface area contributed by atoms with E-state index in [-0.39, 0.29) is 11.4 Å². The van der Waals surface area contributed by atoms with Gasteiger partial charge in [-0.2, -0.15) is 0 Å². The first-order valence-electron chi connectivity index (χ1n) is 4.76. The Bertz CT molecular complexity index is 639. The molecule has 0 saturated heterocycles. The van der Waals surface area contributed by atoms with E-state index in [1.54, 1.807) is 0 Å². The van der Waals surface area contributed by atoms with E-state index < -0.39 is 37.2 Å². The number of hydrogen-bond acceptors (Lipinski definition) is 5. The van der Waals surface area contributed by atoms with Crippen molar-refractivity contribution in [2.45, 2.75) is 0 Å². The van der Waals surface area contributed by atoms with Gasteiger partial charge in [0.15, 0.2) is 5.82 Å². The number of aromatic hydroxyl groups is 1. The number of benzene rings is 1. The van der Waals surface area contributed by atoms with Crippen molar-refractivity contribution in [3.05, 3.63) is 24.0 Å². The third-order valence-corrected chi connectivity index (χ3v) is 4.42. The summed E-state index contributed by atoms with van der Waals surface area (Å²) in [6.45, 7) is 0. The molecule has 0 aromatic heterocycles. The number of nitrogens with one attached hydrogen (secondary N) is 1. The number of phenols is 1. The highest BCUT2D eigenvalue weighted by molar-refractivity contribution is 7.95. The van der Waals surface area contributed by atoms with Crippen LogP contribution in [-0.2, 0) is 19.9 Å². The molecule has 0 aliphatic heterocycles. The van der Waals surface area contributed by atoms with Crippen molar-refractivity contribution in [3.8, 4) is 5.75 Å². The van der Waals surface area contributed by atoms with Gasteiger partial charge in [0, 0.05) is 12.3 Å². The molecule has 0 amide bonds. The van der Waals surface area contributed by atoms with Gasteiger partial charge in [0.1, 0.15) is 15.6 Å². The molecule has 0 heterocycles. The van der Waals surface area contributed by atoms with Gasteiger partial charge in [-0.15, -0.1) is 0 Å². The van der Waals surface area contributed by atoms with Crippen LogP contribution in [0.5, 0.6) is 5.75 Å². The molecule has 6 nitrogen and oxygen atoms in total. The predicted octanol–water partition coefficient (Wildman–Crippen LogP) is 0.318. The van der Waals surface area contributed by atoms with Crippen LogP contribution in [0.15, 0.2) is 18.2 Å². The highest BCUT2D eigenvalue weighted by Crippen LogP contribution is 2.20. The van der Waals surface area contributed by atoms with Gasteiger partial charge in [-0.25, -0.2) is 21.2 Å². The number of rotatable bonds is 5. The lowest BCUT2D eigenvalue weighted by atomic mass is 10.3. The molecule has 0 atom stereocenters. The van der Waals surface area contributed by atoms with Gasteiger partial charge in [0.25, 0.3) is 0 Å². The maximum atomic E-state index is 13.2. The van der Waals surface area contributed by atoms with Crippen molar-refractivity contribution < 1.29 is 26.3 Å². The van der Waals surface area contributed by atoms with Gasteiger partial charge in [-0.3, -0.25) is 4.72 Å². The fourth-order valence-corrected chi connectivity index (χ4v) is 3.76. The largest absolute Gasteiger partial charge is 0.508 e. The maximum Gasteiger partial charge on any atom is 0.233 e. The van der Waals surface area contributed by atoms with Gasteiger partial charge in [0.2, 0.25) is 10.0 Å². The Balaban J connectivity index is 2.83. The first-order chi connectivity index (χ1) is 8.09. The van der Waals surface area contributed by atoms with Crippen LogP contribution in [0.4, 0.5) is 10.1 Å². The summed E-state index contributed by atoms with van der Waals surface area (Å²) in [4.78, 5) is 0. The normalized spacial score (nSPS) is 12.3. The lowest BCUT2D eigenvalue weighted by molar-refractivity contribution is 0.469. The van der Waals surface area contributed by atoms with E-state index in [9.17, 15) is 21.2 Å². The smallest absolute Gasteiger partial charge is 0.233 e. The van der Waals surface area contributed by atoms with Gasteiger partial charge < -0.3 is 5.11 Å². The number of anilines is 1. The first kappa shape index (κ1) is 14.7. The second-order valence-corrected chi connectivity index (χ2v) is 7.82. The Morgan fingerprint density at radius 3 is 2.33 bits per heavy atom. The first-order valence-corrected chi connectivity index (χ1v) is 8.47. The van der Waals surface area contributed by atoms with E-state index in [2.05, 4.69) is 0 Å². The molecule has 18 heavy (non-hydrogen) atoms. The quantitative estimate of drug-likeness (QED) is 0.762. The summed E-state index contributed by atoms with van der Waals surface area (Å²) in [7, 11) is -7.37. The third-order valence-electron chi connectivity index (χ3n) is 1.94. The summed E-state index contributed by atoms with van der Waals surface area (Å²) in [6, 6.07) is 2.90. The van der Waals surface area contributed by atoms with Crippen LogP contribution in [0, 0.1) is 5.82 Å². The molecule has 1 aromatic carbocycles. The Morgan fingerprint density at radius 1 is 1.22 bits per heavy atom. The average Bonchev–Trinajstić information content (AvgIpc) is 2.19. The standard InChI is InChI=1S/C9H12FNO5S2/c1-17(13,14)4-5-18(15,16)11-9-3-2-7(12)6-8(9)10/h2-3,6,11-12H,4-5H2,1H3. The van der Waals surface area contributed by atoms with Gasteiger partial charge in [-0.1, -0.05) is 0 Å². The average molecular weight is 297 g/mol. The highest BCUT2D eigenvalue weighted by atomic mass is 32.2. The molecule has 0 spiro atoms. The Hall–Kier alpha value is -1.35. The van der Waals surface area contributed by atoms with Crippen molar-refractivity contribution in [3.63, 3.8) is 0 Å². The predicted molar refractivity (Wildman–Crippen MR) is 65.2 cm³/mol. The number of sulfonamides is 1. The van der Waals surface area contributed by atoms with Crippen LogP contribution in [0.1, 0.15) is 0 Å². The lowest BCUT2D eigenvalue weighted by Crippen LogP contribution is -2.22. The lowest BCUT2D eigenvalue weighted by Gasteiger charge is -2.08. The zero-order valence-corrected chi connectivity index (χ0v) is 11.1. The number of phenolic OH excluding ortho intramolecular Hbond substituents is 1. The van der Waals surface area contributed by atoms with Crippen molar-refractivity contribution in [1.29, 1.82) is 0 Å². The molecule has 102 valence electrons. The zero-order chi connectivity index (χ0) is 14.0. The van der Waals surface area contributed by atoms with E-state index in [0.29, 0.717) is 0 Å². The van der Waals surface area contributed by atoms with Crippen LogP contribution in [0.25, 0.3) is 0 Å². The Kier molecular flexibility index (Phi) is 4.17. The summed E-state index contributed by atoms with van der Waals surface area (Å²) in [6.07, 6.45) is 0.906. The minimum Gasteiger partial charge on any atom is -0.508 e. The number of hydrogen-bond donors (Lipinski definition) is 2. The molecule has 0 aliphatic rings. The fourth-order valence-electron chi connectivity index (χ4n) is 1.07. The van der Waals surface area contributed by atoms with Crippen LogP contribution in [0.2, 0.25) is 0 Å². The van der Waals surface area contributed by atoms with E-state index >= 15 is 0 Å². The van der Waals surface area contributed by atoms with Crippen LogP contribution in [0.3, 0.4) is 0 Å². The van der Waals surface area contributed by atoms with Crippen molar-refractivity contribution in [2.24, 2.45) is 0 Å². The van der Waals surface area contributed by atoms with Crippen LogP contribution >= 0.6 is 0 Å². The second-order valence-electron chi connectivity index (χ2n) is 3.71. The van der Waals surface area contributed by atoms with Gasteiger partial charge in [-0.05, 0) is 12.1 Å². The van der Waals surface area contributed by atoms with E-state index in [4.69, 9.17) is 5.11 Å². The molecule has 0 saturated carbocycles. The zero-order valence-electron chi connectivity index (χ0n) is 9.42. The molecule has 1 aromatic rings. The molecule has 0 fully saturated rings. The van der Waals surface area contributed by atoms with Crippen molar-refractivity contribution in [2.75, 3.05) is 22.5 Å². The number of halogens is 1. The molecule has 9 heteroatoms. The molecule has 2 N–H and O–H groups in total. The van der Waals surface area contributed by atoms with Crippen molar-refractivity contribution >= 4 is 25.5 Å². The summed E-state index contributed by atoms with van der Waals surface area (Å²) in [5.74, 6) is -2.50. The number of sulfone groups is 1. The monoisotopic (exact) mass is 297 g/mol. The Labute approximate surface area is 104 Å². The summed E-state index contributed by atoms with van der Waals surface area (Å²) in [5.41, 5.74) is -0.346. The summed E-state index contributed by atoms with van der Waals surface area (Å²) < 4.78 is 59.8. The minimum atomic E-state index is -3.95. The SMILES string of the molecule is CS(=O)(=O)CCS(=O)(=O)Nc1ccc(O)cc1F. The molecule has 0 bridgehead atoms. The van der Waals surface area contributed by atoms with E-state index in [1.807, 2.05) is 4.72 Å². The minimum absolute atomic E-state index is 0.341. The van der Waals surface area contributed by atoms with Gasteiger partial charge >= 0.3 is 0 Å². The topological polar surface area (TPSA) is 101 Å². The molecule has 0 radical (unpaired) electrons. The third kappa shape index (κ3) is 4.88. The summed E-state index contributed by atoms with van der Waals surface area (Å²) >= 11 is 0. The van der Waals surface area contributed by atoms with Gasteiger partial charge in [0.05, 0.1) is 17.2 Å². The highest BCUT2D eigenvalue weighted by Gasteiger charge is 2.16. The maximum absolute atomic E-state index is 13.2. The van der Waals surface area contributed by atoms with Crippen LogP contribution < -0.4 is 4.72 Å². The van der Waals surface area contributed by atoms with Crippen LogP contribution in [-0.4, -0.2) is 39.7 Å². The molecule has 0 unspecified atom stereocenters. The second kappa shape index (κ2) is 5.11. The summed E-state index contributed by atoms with van der Waals surface area (Å²) in [5, 5.41) is 8.95. The van der Waals surface area contributed by atoms with E-state index in [0.717, 1.165) is 24.5 Å².